The number of carbonyl (C=O) groups excluding carboxylic acids is 1. The average Bonchev–Trinajstić information content (AvgIpc) is 2.42. The number of fused-ring (bicyclic) bond motifs is 1. The second kappa shape index (κ2) is 5.41. The molecule has 0 radical (unpaired) electrons. The van der Waals surface area contributed by atoms with Crippen molar-refractivity contribution < 1.29 is 29.9 Å². The molecular formula is C12H19N4O5+. The van der Waals surface area contributed by atoms with E-state index in [0.29, 0.717) is 4.74 Å². The fraction of sp³-hybridized carbons (Fsp3) is 0.667. The van der Waals surface area contributed by atoms with Crippen LogP contribution in [0.15, 0.2) is 10.1 Å². The van der Waals surface area contributed by atoms with Gasteiger partial charge in [0.1, 0.15) is 17.9 Å². The van der Waals surface area contributed by atoms with Crippen molar-refractivity contribution in [1.29, 1.82) is 0 Å². The van der Waals surface area contributed by atoms with E-state index in [0.717, 1.165) is 0 Å². The molecular weight excluding hydrogens is 280 g/mol. The monoisotopic (exact) mass is 299 g/mol. The number of nitrogens with zero attached hydrogens (tertiary/aromatic N) is 3. The number of rotatable bonds is 2. The summed E-state index contributed by atoms with van der Waals surface area (Å²) in [7, 11) is 0. The minimum absolute atomic E-state index is 0.00984. The van der Waals surface area contributed by atoms with Crippen LogP contribution in [0.1, 0.15) is 20.8 Å². The Bertz CT molecular complexity index is 552. The van der Waals surface area contributed by atoms with Gasteiger partial charge in [-0.2, -0.15) is 0 Å². The van der Waals surface area contributed by atoms with Gasteiger partial charge in [0.05, 0.1) is 6.61 Å². The summed E-state index contributed by atoms with van der Waals surface area (Å²) in [6.07, 6.45) is -0.951. The Labute approximate surface area is 121 Å². The maximum Gasteiger partial charge on any atom is 0.344 e. The number of hydrogen-bond acceptors (Lipinski definition) is 7. The highest BCUT2D eigenvalue weighted by Crippen LogP contribution is 2.22. The normalized spacial score (nSPS) is 29.9. The van der Waals surface area contributed by atoms with Crippen LogP contribution in [-0.2, 0) is 14.3 Å². The van der Waals surface area contributed by atoms with Crippen molar-refractivity contribution in [3.8, 4) is 0 Å². The lowest BCUT2D eigenvalue weighted by Gasteiger charge is -2.34. The molecule has 0 spiro atoms. The molecule has 21 heavy (non-hydrogen) atoms. The van der Waals surface area contributed by atoms with E-state index in [4.69, 9.17) is 9.47 Å². The number of hydrogen-bond donors (Lipinski definition) is 2. The van der Waals surface area contributed by atoms with E-state index in [1.165, 1.54) is 0 Å². The number of aliphatic imine (C=N–C) groups is 1. The largest absolute Gasteiger partial charge is 0.619 e. The van der Waals surface area contributed by atoms with Crippen LogP contribution in [-0.4, -0.2) is 64.1 Å². The van der Waals surface area contributed by atoms with Crippen molar-refractivity contribution in [3.63, 3.8) is 0 Å². The van der Waals surface area contributed by atoms with E-state index in [-0.39, 0.29) is 30.3 Å². The zero-order valence-electron chi connectivity index (χ0n) is 12.2. The number of oxime groups is 1. The maximum atomic E-state index is 12.3. The Balaban J connectivity index is 2.48. The molecule has 9 heteroatoms. The van der Waals surface area contributed by atoms with E-state index < -0.39 is 23.8 Å². The van der Waals surface area contributed by atoms with Crippen LogP contribution in [0, 0.1) is 5.21 Å². The average molecular weight is 299 g/mol. The van der Waals surface area contributed by atoms with Crippen molar-refractivity contribution in [1.82, 2.24) is 0 Å². The molecule has 0 bridgehead atoms. The number of carbonyl (C=O) groups is 1. The van der Waals surface area contributed by atoms with Gasteiger partial charge in [-0.15, -0.1) is 4.74 Å². The minimum Gasteiger partial charge on any atom is -0.619 e. The summed E-state index contributed by atoms with van der Waals surface area (Å²) in [5.74, 6) is -0.633. The van der Waals surface area contributed by atoms with Crippen molar-refractivity contribution in [2.45, 2.75) is 38.6 Å². The molecule has 2 aliphatic rings. The molecule has 1 fully saturated rings. The van der Waals surface area contributed by atoms with Crippen LogP contribution in [0.4, 0.5) is 0 Å². The Morgan fingerprint density at radius 2 is 2.38 bits per heavy atom. The Hall–Kier alpha value is -2.00. The molecule has 2 atom stereocenters. The van der Waals surface area contributed by atoms with Gasteiger partial charge in [-0.1, -0.05) is 5.16 Å². The van der Waals surface area contributed by atoms with Crippen molar-refractivity contribution in [2.75, 3.05) is 13.2 Å². The maximum absolute atomic E-state index is 12.3. The summed E-state index contributed by atoms with van der Waals surface area (Å²) < 4.78 is 11.0. The Kier molecular flexibility index (Phi) is 3.97. The molecule has 0 amide bonds. The first-order valence-electron chi connectivity index (χ1n) is 6.60. The van der Waals surface area contributed by atoms with E-state index >= 15 is 0 Å². The van der Waals surface area contributed by atoms with Crippen LogP contribution in [0.3, 0.4) is 0 Å². The lowest BCUT2D eigenvalue weighted by Crippen LogP contribution is -2.75. The summed E-state index contributed by atoms with van der Waals surface area (Å²) in [6.45, 7) is 5.22. The van der Waals surface area contributed by atoms with Gasteiger partial charge >= 0.3 is 12.1 Å². The van der Waals surface area contributed by atoms with Crippen molar-refractivity contribution in [2.24, 2.45) is 10.1 Å². The summed E-state index contributed by atoms with van der Waals surface area (Å²) in [4.78, 5) is 16.1. The fourth-order valence-corrected chi connectivity index (χ4v) is 2.27. The number of hydroxylamine groups is 1. The number of ether oxygens (including phenoxy) is 2. The van der Waals surface area contributed by atoms with Gasteiger partial charge in [0.25, 0.3) is 6.04 Å². The van der Waals surface area contributed by atoms with Crippen LogP contribution in [0.25, 0.3) is 0 Å². The minimum atomic E-state index is -1.06. The van der Waals surface area contributed by atoms with E-state index in [2.05, 4.69) is 15.9 Å². The molecule has 0 aromatic carbocycles. The third kappa shape index (κ3) is 2.49. The van der Waals surface area contributed by atoms with Crippen LogP contribution in [0.5, 0.6) is 0 Å². The molecule has 0 unspecified atom stereocenters. The van der Waals surface area contributed by atoms with Crippen LogP contribution in [0.2, 0.25) is 0 Å². The first-order chi connectivity index (χ1) is 9.83. The molecule has 0 aromatic heterocycles. The van der Waals surface area contributed by atoms with E-state index in [1.807, 2.05) is 0 Å². The molecule has 1 saturated heterocycles. The lowest BCUT2D eigenvalue weighted by atomic mass is 9.91. The summed E-state index contributed by atoms with van der Waals surface area (Å²) >= 11 is 0. The topological polar surface area (TPSA) is 134 Å². The molecule has 2 aliphatic heterocycles. The third-order valence-electron chi connectivity index (χ3n) is 3.47. The zero-order valence-corrected chi connectivity index (χ0v) is 12.2. The van der Waals surface area contributed by atoms with Gasteiger partial charge < -0.3 is 19.9 Å². The highest BCUT2D eigenvalue weighted by molar-refractivity contribution is 6.70. The molecule has 9 nitrogen and oxygen atoms in total. The zero-order chi connectivity index (χ0) is 15.8. The SMILES string of the molecule is CCOC(=O)[C@H]1N=C2C(=[N+]([O-])[C@H]1[NH3+])COC(C)(C)/C2=N\O. The van der Waals surface area contributed by atoms with Gasteiger partial charge in [-0.05, 0) is 20.8 Å². The summed E-state index contributed by atoms with van der Waals surface area (Å²) in [5, 5.41) is 24.7. The van der Waals surface area contributed by atoms with Crippen LogP contribution >= 0.6 is 0 Å². The molecule has 0 aliphatic carbocycles. The first kappa shape index (κ1) is 15.4. The highest BCUT2D eigenvalue weighted by Gasteiger charge is 2.49. The summed E-state index contributed by atoms with van der Waals surface area (Å²) in [5.41, 5.74) is 3.22. The van der Waals surface area contributed by atoms with E-state index in [9.17, 15) is 15.2 Å². The fourth-order valence-electron chi connectivity index (χ4n) is 2.27. The molecule has 0 saturated carbocycles. The standard InChI is InChI=1S/C12H18N4O5/c1-4-20-11(17)8-10(13)16(19)6-5-21-12(2,3)9(15-18)7(6)14-8/h8,10,18H,4-5,13H2,1-3H3/p+1/b15-9-/t8-,10+/m0/s1. The quantitative estimate of drug-likeness (QED) is 0.211. The summed E-state index contributed by atoms with van der Waals surface area (Å²) in [6, 6.07) is -1.06. The Morgan fingerprint density at radius 1 is 1.71 bits per heavy atom. The first-order valence-corrected chi connectivity index (χ1v) is 6.60. The molecule has 4 N–H and O–H groups in total. The number of esters is 1. The van der Waals surface area contributed by atoms with Gasteiger partial charge in [-0.25, -0.2) is 9.79 Å². The van der Waals surface area contributed by atoms with Gasteiger partial charge in [0.15, 0.2) is 5.71 Å². The van der Waals surface area contributed by atoms with Crippen LogP contribution < -0.4 is 5.73 Å². The predicted octanol–water partition coefficient (Wildman–Crippen LogP) is -1.47. The smallest absolute Gasteiger partial charge is 0.344 e. The molecule has 2 rings (SSSR count). The van der Waals surface area contributed by atoms with E-state index in [1.54, 1.807) is 20.8 Å². The second-order valence-electron chi connectivity index (χ2n) is 5.26. The third-order valence-corrected chi connectivity index (χ3v) is 3.47. The molecule has 2 heterocycles. The lowest BCUT2D eigenvalue weighted by molar-refractivity contribution is -0.694. The number of quaternary nitrogens is 1. The van der Waals surface area contributed by atoms with Gasteiger partial charge in [0, 0.05) is 0 Å². The Morgan fingerprint density at radius 3 is 2.95 bits per heavy atom. The second-order valence-corrected chi connectivity index (χ2v) is 5.26. The van der Waals surface area contributed by atoms with Crippen molar-refractivity contribution in [3.05, 3.63) is 5.21 Å². The predicted molar refractivity (Wildman–Crippen MR) is 72.4 cm³/mol. The molecule has 0 aromatic rings. The van der Waals surface area contributed by atoms with Crippen molar-refractivity contribution >= 4 is 23.1 Å². The highest BCUT2D eigenvalue weighted by atomic mass is 16.5. The molecule has 116 valence electrons. The van der Waals surface area contributed by atoms with Gasteiger partial charge in [0.2, 0.25) is 5.71 Å². The van der Waals surface area contributed by atoms with Gasteiger partial charge in [-0.3, -0.25) is 5.73 Å².